The standard InChI is InChI=1S/C20H18N4O3S/c1-27-20(26)15-7-8-28-19(15)23-18(25)14-10-24(11-14)17-9-16(21-12-22-17)13-5-3-2-4-6-13/h2-9,12,14H,10-11H2,1H3,(H,23,25). The molecule has 0 aliphatic carbocycles. The predicted octanol–water partition coefficient (Wildman–Crippen LogP) is 3.07. The Labute approximate surface area is 166 Å². The number of thiophene rings is 1. The van der Waals surface area contributed by atoms with Gasteiger partial charge in [0, 0.05) is 24.7 Å². The summed E-state index contributed by atoms with van der Waals surface area (Å²) in [5.74, 6) is 0.0643. The Morgan fingerprint density at radius 1 is 1.18 bits per heavy atom. The van der Waals surface area contributed by atoms with Crippen LogP contribution < -0.4 is 10.2 Å². The number of ether oxygens (including phenoxy) is 1. The van der Waals surface area contributed by atoms with Crippen LogP contribution in [0.2, 0.25) is 0 Å². The molecule has 0 radical (unpaired) electrons. The molecule has 3 aromatic rings. The first-order chi connectivity index (χ1) is 13.7. The molecular formula is C20H18N4O3S. The lowest BCUT2D eigenvalue weighted by molar-refractivity contribution is -0.120. The summed E-state index contributed by atoms with van der Waals surface area (Å²) in [4.78, 5) is 34.9. The number of carbonyl (C=O) groups excluding carboxylic acids is 2. The van der Waals surface area contributed by atoms with Gasteiger partial charge < -0.3 is 15.0 Å². The zero-order valence-electron chi connectivity index (χ0n) is 15.2. The van der Waals surface area contributed by atoms with Crippen LogP contribution in [0.15, 0.2) is 54.2 Å². The molecule has 8 heteroatoms. The summed E-state index contributed by atoms with van der Waals surface area (Å²) in [5.41, 5.74) is 2.24. The maximum atomic E-state index is 12.5. The van der Waals surface area contributed by atoms with Crippen LogP contribution in [0, 0.1) is 5.92 Å². The van der Waals surface area contributed by atoms with Gasteiger partial charge in [0.15, 0.2) is 0 Å². The molecule has 1 fully saturated rings. The van der Waals surface area contributed by atoms with Gasteiger partial charge in [-0.1, -0.05) is 30.3 Å². The molecule has 28 heavy (non-hydrogen) atoms. The second kappa shape index (κ2) is 7.77. The van der Waals surface area contributed by atoms with Gasteiger partial charge in [-0.05, 0) is 11.4 Å². The van der Waals surface area contributed by atoms with Crippen molar-refractivity contribution in [1.82, 2.24) is 9.97 Å². The van der Waals surface area contributed by atoms with Gasteiger partial charge in [-0.3, -0.25) is 4.79 Å². The number of carbonyl (C=O) groups is 2. The summed E-state index contributed by atoms with van der Waals surface area (Å²) in [6.45, 7) is 1.13. The highest BCUT2D eigenvalue weighted by molar-refractivity contribution is 7.14. The molecule has 0 atom stereocenters. The highest BCUT2D eigenvalue weighted by Crippen LogP contribution is 2.29. The number of anilines is 2. The number of nitrogens with zero attached hydrogens (tertiary/aromatic N) is 3. The predicted molar refractivity (Wildman–Crippen MR) is 107 cm³/mol. The number of benzene rings is 1. The Hall–Kier alpha value is -3.26. The topological polar surface area (TPSA) is 84.4 Å². The van der Waals surface area contributed by atoms with Crippen LogP contribution in [-0.4, -0.2) is 42.0 Å². The van der Waals surface area contributed by atoms with Crippen LogP contribution in [0.1, 0.15) is 10.4 Å². The van der Waals surface area contributed by atoms with Crippen molar-refractivity contribution < 1.29 is 14.3 Å². The van der Waals surface area contributed by atoms with Crippen molar-refractivity contribution in [2.24, 2.45) is 5.92 Å². The molecule has 1 amide bonds. The Morgan fingerprint density at radius 3 is 2.71 bits per heavy atom. The maximum Gasteiger partial charge on any atom is 0.340 e. The first kappa shape index (κ1) is 18.1. The van der Waals surface area contributed by atoms with E-state index in [2.05, 4.69) is 15.3 Å². The molecule has 142 valence electrons. The molecule has 0 unspecified atom stereocenters. The van der Waals surface area contributed by atoms with E-state index >= 15 is 0 Å². The van der Waals surface area contributed by atoms with E-state index in [1.807, 2.05) is 41.3 Å². The fourth-order valence-electron chi connectivity index (χ4n) is 3.01. The molecule has 0 saturated carbocycles. The van der Waals surface area contributed by atoms with Gasteiger partial charge in [0.05, 0.1) is 24.3 Å². The quantitative estimate of drug-likeness (QED) is 0.670. The van der Waals surface area contributed by atoms with Gasteiger partial charge in [0.25, 0.3) is 0 Å². The Bertz CT molecular complexity index is 999. The normalized spacial score (nSPS) is 13.7. The molecule has 1 N–H and O–H groups in total. The van der Waals surface area contributed by atoms with Gasteiger partial charge in [-0.25, -0.2) is 14.8 Å². The van der Waals surface area contributed by atoms with Gasteiger partial charge in [-0.2, -0.15) is 0 Å². The second-order valence-corrected chi connectivity index (χ2v) is 7.29. The van der Waals surface area contributed by atoms with Crippen LogP contribution >= 0.6 is 11.3 Å². The van der Waals surface area contributed by atoms with E-state index in [0.29, 0.717) is 23.7 Å². The van der Waals surface area contributed by atoms with Gasteiger partial charge in [-0.15, -0.1) is 11.3 Å². The zero-order valence-corrected chi connectivity index (χ0v) is 16.0. The number of amides is 1. The first-order valence-electron chi connectivity index (χ1n) is 8.75. The summed E-state index contributed by atoms with van der Waals surface area (Å²) in [7, 11) is 1.32. The van der Waals surface area contributed by atoms with Crippen LogP contribution in [0.5, 0.6) is 0 Å². The molecule has 1 saturated heterocycles. The molecular weight excluding hydrogens is 376 g/mol. The SMILES string of the molecule is COC(=O)c1ccsc1NC(=O)C1CN(c2cc(-c3ccccc3)ncn2)C1. The van der Waals surface area contributed by atoms with Crippen molar-refractivity contribution in [1.29, 1.82) is 0 Å². The van der Waals surface area contributed by atoms with E-state index < -0.39 is 5.97 Å². The fourth-order valence-corrected chi connectivity index (χ4v) is 3.79. The summed E-state index contributed by atoms with van der Waals surface area (Å²) in [5, 5.41) is 5.10. The number of esters is 1. The number of nitrogens with one attached hydrogen (secondary N) is 1. The molecule has 1 aliphatic rings. The third kappa shape index (κ3) is 3.59. The monoisotopic (exact) mass is 394 g/mol. The van der Waals surface area contributed by atoms with Crippen molar-refractivity contribution in [2.75, 3.05) is 30.4 Å². The second-order valence-electron chi connectivity index (χ2n) is 6.37. The third-order valence-corrected chi connectivity index (χ3v) is 5.44. The maximum absolute atomic E-state index is 12.5. The third-order valence-electron chi connectivity index (χ3n) is 4.61. The van der Waals surface area contributed by atoms with E-state index in [1.54, 1.807) is 17.8 Å². The summed E-state index contributed by atoms with van der Waals surface area (Å²) in [6, 6.07) is 13.5. The summed E-state index contributed by atoms with van der Waals surface area (Å²) >= 11 is 1.30. The summed E-state index contributed by atoms with van der Waals surface area (Å²) < 4.78 is 4.73. The average Bonchev–Trinajstić information content (AvgIpc) is 3.15. The fraction of sp³-hybridized carbons (Fsp3) is 0.200. The minimum Gasteiger partial charge on any atom is -0.465 e. The highest BCUT2D eigenvalue weighted by Gasteiger charge is 2.34. The number of hydrogen-bond donors (Lipinski definition) is 1. The van der Waals surface area contributed by atoms with Crippen molar-refractivity contribution >= 4 is 34.0 Å². The Kier molecular flexibility index (Phi) is 5.03. The molecule has 1 aliphatic heterocycles. The minimum atomic E-state index is -0.457. The molecule has 0 spiro atoms. The Morgan fingerprint density at radius 2 is 1.96 bits per heavy atom. The Balaban J connectivity index is 1.39. The lowest BCUT2D eigenvalue weighted by atomic mass is 9.99. The van der Waals surface area contributed by atoms with Crippen LogP contribution in [0.4, 0.5) is 10.8 Å². The van der Waals surface area contributed by atoms with E-state index in [-0.39, 0.29) is 11.8 Å². The first-order valence-corrected chi connectivity index (χ1v) is 9.62. The van der Waals surface area contributed by atoms with Crippen molar-refractivity contribution in [3.8, 4) is 11.3 Å². The lowest BCUT2D eigenvalue weighted by Crippen LogP contribution is -2.52. The van der Waals surface area contributed by atoms with Crippen LogP contribution in [0.25, 0.3) is 11.3 Å². The van der Waals surface area contributed by atoms with Crippen molar-refractivity contribution in [3.05, 3.63) is 59.7 Å². The van der Waals surface area contributed by atoms with E-state index in [1.165, 1.54) is 18.4 Å². The van der Waals surface area contributed by atoms with Crippen LogP contribution in [-0.2, 0) is 9.53 Å². The summed E-state index contributed by atoms with van der Waals surface area (Å²) in [6.07, 6.45) is 1.54. The van der Waals surface area contributed by atoms with Crippen LogP contribution in [0.3, 0.4) is 0 Å². The lowest BCUT2D eigenvalue weighted by Gasteiger charge is -2.39. The van der Waals surface area contributed by atoms with Gasteiger partial charge in [0.2, 0.25) is 5.91 Å². The minimum absolute atomic E-state index is 0.110. The largest absolute Gasteiger partial charge is 0.465 e. The molecule has 2 aromatic heterocycles. The van der Waals surface area contributed by atoms with Gasteiger partial charge in [0.1, 0.15) is 17.1 Å². The molecule has 7 nitrogen and oxygen atoms in total. The molecule has 0 bridgehead atoms. The average molecular weight is 394 g/mol. The molecule has 4 rings (SSSR count). The van der Waals surface area contributed by atoms with E-state index in [0.717, 1.165) is 17.1 Å². The van der Waals surface area contributed by atoms with Gasteiger partial charge >= 0.3 is 5.97 Å². The van der Waals surface area contributed by atoms with Crippen molar-refractivity contribution in [2.45, 2.75) is 0 Å². The number of aromatic nitrogens is 2. The highest BCUT2D eigenvalue weighted by atomic mass is 32.1. The van der Waals surface area contributed by atoms with E-state index in [4.69, 9.17) is 4.74 Å². The zero-order chi connectivity index (χ0) is 19.5. The smallest absolute Gasteiger partial charge is 0.340 e. The van der Waals surface area contributed by atoms with Crippen molar-refractivity contribution in [3.63, 3.8) is 0 Å². The van der Waals surface area contributed by atoms with E-state index in [9.17, 15) is 9.59 Å². The number of hydrogen-bond acceptors (Lipinski definition) is 7. The number of methoxy groups -OCH3 is 1. The molecule has 3 heterocycles. The number of rotatable bonds is 5. The molecule has 1 aromatic carbocycles.